The van der Waals surface area contributed by atoms with Gasteiger partial charge in [0.05, 0.1) is 11.2 Å². The summed E-state index contributed by atoms with van der Waals surface area (Å²) in [5, 5.41) is 9.55. The number of rotatable bonds is 8. The van der Waals surface area contributed by atoms with Gasteiger partial charge in [-0.1, -0.05) is 0 Å². The van der Waals surface area contributed by atoms with E-state index >= 15 is 0 Å². The third-order valence-corrected chi connectivity index (χ3v) is 4.82. The topological polar surface area (TPSA) is 83.9 Å². The van der Waals surface area contributed by atoms with Gasteiger partial charge in [-0.15, -0.1) is 0 Å². The quantitative estimate of drug-likeness (QED) is 0.662. The van der Waals surface area contributed by atoms with Crippen molar-refractivity contribution in [2.45, 2.75) is 25.7 Å². The lowest BCUT2D eigenvalue weighted by molar-refractivity contribution is -0.153. The average Bonchev–Trinajstić information content (AvgIpc) is 2.36. The van der Waals surface area contributed by atoms with Crippen LogP contribution in [0.25, 0.3) is 0 Å². The van der Waals surface area contributed by atoms with Crippen molar-refractivity contribution < 1.29 is 23.1 Å². The fourth-order valence-electron chi connectivity index (χ4n) is 2.75. The summed E-state index contributed by atoms with van der Waals surface area (Å²) in [5.74, 6) is -0.696. The molecule has 0 amide bonds. The molecular weight excluding hydrogens is 282 g/mol. The van der Waals surface area contributed by atoms with Gasteiger partial charge in [-0.25, -0.2) is 8.42 Å². The van der Waals surface area contributed by atoms with Crippen molar-refractivity contribution in [3.63, 3.8) is 0 Å². The van der Waals surface area contributed by atoms with E-state index in [1.54, 1.807) is 7.11 Å². The van der Waals surface area contributed by atoms with Crippen molar-refractivity contribution >= 4 is 15.8 Å². The van der Waals surface area contributed by atoms with Gasteiger partial charge in [-0.3, -0.25) is 4.79 Å². The molecule has 0 aromatic heterocycles. The molecule has 0 saturated carbocycles. The number of nitrogens with zero attached hydrogens (tertiary/aromatic N) is 1. The Hall–Kier alpha value is -0.660. The van der Waals surface area contributed by atoms with Crippen molar-refractivity contribution in [2.75, 3.05) is 45.4 Å². The van der Waals surface area contributed by atoms with Crippen LogP contribution in [-0.2, 0) is 19.4 Å². The van der Waals surface area contributed by atoms with Crippen LogP contribution in [0.1, 0.15) is 25.7 Å². The van der Waals surface area contributed by atoms with E-state index in [0.717, 1.165) is 13.0 Å². The molecule has 1 rings (SSSR count). The Labute approximate surface area is 121 Å². The Morgan fingerprint density at radius 3 is 2.70 bits per heavy atom. The third-order valence-electron chi connectivity index (χ3n) is 3.89. The van der Waals surface area contributed by atoms with Crippen LogP contribution in [-0.4, -0.2) is 69.8 Å². The van der Waals surface area contributed by atoms with Gasteiger partial charge in [0.25, 0.3) is 0 Å². The molecule has 1 aliphatic heterocycles. The number of sulfone groups is 1. The Morgan fingerprint density at radius 1 is 1.45 bits per heavy atom. The smallest absolute Gasteiger partial charge is 0.310 e. The average molecular weight is 307 g/mol. The van der Waals surface area contributed by atoms with Crippen LogP contribution < -0.4 is 0 Å². The minimum atomic E-state index is -3.01. The maximum absolute atomic E-state index is 11.6. The Kier molecular flexibility index (Phi) is 6.42. The molecule has 118 valence electrons. The zero-order chi connectivity index (χ0) is 15.2. The highest BCUT2D eigenvalue weighted by molar-refractivity contribution is 7.90. The third kappa shape index (κ3) is 5.38. The summed E-state index contributed by atoms with van der Waals surface area (Å²) < 4.78 is 27.4. The second kappa shape index (κ2) is 7.38. The first-order chi connectivity index (χ1) is 9.29. The number of carboxylic acids is 1. The molecule has 0 aliphatic carbocycles. The number of likely N-dealkylation sites (tertiary alicyclic amines) is 1. The van der Waals surface area contributed by atoms with Crippen molar-refractivity contribution in [3.8, 4) is 0 Å². The normalized spacial score (nSPS) is 24.7. The van der Waals surface area contributed by atoms with Crippen molar-refractivity contribution in [3.05, 3.63) is 0 Å². The molecule has 0 bridgehead atoms. The summed E-state index contributed by atoms with van der Waals surface area (Å²) in [6.07, 6.45) is 3.94. The van der Waals surface area contributed by atoms with Crippen LogP contribution >= 0.6 is 0 Å². The minimum Gasteiger partial charge on any atom is -0.481 e. The molecular formula is C13H25NO5S. The maximum atomic E-state index is 11.6. The van der Waals surface area contributed by atoms with E-state index in [1.165, 1.54) is 6.26 Å². The fraction of sp³-hybridized carbons (Fsp3) is 0.923. The van der Waals surface area contributed by atoms with Gasteiger partial charge < -0.3 is 14.7 Å². The molecule has 1 atom stereocenters. The van der Waals surface area contributed by atoms with Crippen LogP contribution in [0.5, 0.6) is 0 Å². The van der Waals surface area contributed by atoms with Crippen LogP contribution in [0.2, 0.25) is 0 Å². The molecule has 1 heterocycles. The standard InChI is InChI=1S/C13H25NO5S/c1-19-9-4-6-13(12(15)16)5-3-7-14(11-13)8-10-20(2,17)18/h3-11H2,1-2H3,(H,15,16)/t13-/m0/s1. The van der Waals surface area contributed by atoms with E-state index in [2.05, 4.69) is 0 Å². The van der Waals surface area contributed by atoms with Gasteiger partial charge in [0.1, 0.15) is 9.84 Å². The predicted octanol–water partition coefficient (Wildman–Crippen LogP) is 0.624. The zero-order valence-corrected chi connectivity index (χ0v) is 13.1. The van der Waals surface area contributed by atoms with E-state index in [1.807, 2.05) is 4.90 Å². The molecule has 0 aromatic carbocycles. The summed E-state index contributed by atoms with van der Waals surface area (Å²) in [6, 6.07) is 0. The van der Waals surface area contributed by atoms with Crippen LogP contribution in [0.15, 0.2) is 0 Å². The molecule has 1 N–H and O–H groups in total. The molecule has 20 heavy (non-hydrogen) atoms. The molecule has 0 aromatic rings. The minimum absolute atomic E-state index is 0.0841. The number of aliphatic carboxylic acids is 1. The van der Waals surface area contributed by atoms with Gasteiger partial charge in [-0.2, -0.15) is 0 Å². The number of carboxylic acid groups (broad SMARTS) is 1. The Balaban J connectivity index is 2.63. The molecule has 7 heteroatoms. The van der Waals surface area contributed by atoms with Gasteiger partial charge in [0.2, 0.25) is 0 Å². The van der Waals surface area contributed by atoms with E-state index < -0.39 is 21.2 Å². The molecule has 1 saturated heterocycles. The van der Waals surface area contributed by atoms with E-state index in [9.17, 15) is 18.3 Å². The Morgan fingerprint density at radius 2 is 2.15 bits per heavy atom. The number of methoxy groups -OCH3 is 1. The first kappa shape index (κ1) is 17.4. The second-order valence-corrected chi connectivity index (χ2v) is 7.95. The summed E-state index contributed by atoms with van der Waals surface area (Å²) in [6.45, 7) is 2.17. The predicted molar refractivity (Wildman–Crippen MR) is 76.6 cm³/mol. The first-order valence-electron chi connectivity index (χ1n) is 6.91. The molecule has 6 nitrogen and oxygen atoms in total. The van der Waals surface area contributed by atoms with E-state index in [0.29, 0.717) is 39.0 Å². The van der Waals surface area contributed by atoms with Crippen molar-refractivity contribution in [1.82, 2.24) is 4.90 Å². The summed E-state index contributed by atoms with van der Waals surface area (Å²) >= 11 is 0. The Bertz CT molecular complexity index is 422. The molecule has 1 aliphatic rings. The fourth-order valence-corrected chi connectivity index (χ4v) is 3.34. The second-order valence-electron chi connectivity index (χ2n) is 5.69. The zero-order valence-electron chi connectivity index (χ0n) is 12.3. The van der Waals surface area contributed by atoms with E-state index in [-0.39, 0.29) is 5.75 Å². The first-order valence-corrected chi connectivity index (χ1v) is 8.97. The van der Waals surface area contributed by atoms with Crippen LogP contribution in [0.4, 0.5) is 0 Å². The summed E-state index contributed by atoms with van der Waals surface area (Å²) in [7, 11) is -1.41. The maximum Gasteiger partial charge on any atom is 0.310 e. The number of hydrogen-bond donors (Lipinski definition) is 1. The van der Waals surface area contributed by atoms with Gasteiger partial charge >= 0.3 is 5.97 Å². The van der Waals surface area contributed by atoms with Gasteiger partial charge in [0.15, 0.2) is 0 Å². The highest BCUT2D eigenvalue weighted by atomic mass is 32.2. The number of ether oxygens (including phenoxy) is 1. The lowest BCUT2D eigenvalue weighted by Gasteiger charge is -2.40. The van der Waals surface area contributed by atoms with E-state index in [4.69, 9.17) is 4.74 Å². The van der Waals surface area contributed by atoms with Crippen LogP contribution in [0, 0.1) is 5.41 Å². The van der Waals surface area contributed by atoms with Gasteiger partial charge in [0, 0.05) is 33.1 Å². The lowest BCUT2D eigenvalue weighted by atomic mass is 9.76. The monoisotopic (exact) mass is 307 g/mol. The summed E-state index contributed by atoms with van der Waals surface area (Å²) in [4.78, 5) is 13.6. The number of piperidine rings is 1. The summed E-state index contributed by atoms with van der Waals surface area (Å²) in [5.41, 5.74) is -0.756. The molecule has 1 fully saturated rings. The number of carbonyl (C=O) groups is 1. The number of hydrogen-bond acceptors (Lipinski definition) is 5. The molecule has 0 radical (unpaired) electrons. The SMILES string of the molecule is COCCC[C@@]1(C(=O)O)CCCN(CCS(C)(=O)=O)C1. The lowest BCUT2D eigenvalue weighted by Crippen LogP contribution is -2.49. The largest absolute Gasteiger partial charge is 0.481 e. The molecule has 0 spiro atoms. The van der Waals surface area contributed by atoms with Crippen molar-refractivity contribution in [2.24, 2.45) is 5.41 Å². The van der Waals surface area contributed by atoms with Crippen molar-refractivity contribution in [1.29, 1.82) is 0 Å². The van der Waals surface area contributed by atoms with Gasteiger partial charge in [-0.05, 0) is 32.2 Å². The highest BCUT2D eigenvalue weighted by Crippen LogP contribution is 2.35. The molecule has 0 unspecified atom stereocenters. The highest BCUT2D eigenvalue weighted by Gasteiger charge is 2.41. The van der Waals surface area contributed by atoms with Crippen LogP contribution in [0.3, 0.4) is 0 Å².